The number of halogens is 2. The van der Waals surface area contributed by atoms with Crippen LogP contribution in [0.3, 0.4) is 0 Å². The number of hydrogen-bond acceptors (Lipinski definition) is 3. The van der Waals surface area contributed by atoms with Crippen LogP contribution < -0.4 is 9.47 Å². The Labute approximate surface area is 124 Å². The minimum absolute atomic E-state index is 0.322. The summed E-state index contributed by atoms with van der Waals surface area (Å²) in [4.78, 5) is 11.2. The Kier molecular flexibility index (Phi) is 4.39. The molecule has 0 aliphatic rings. The molecule has 0 N–H and O–H groups in total. The highest BCUT2D eigenvalue weighted by Crippen LogP contribution is 2.37. The van der Waals surface area contributed by atoms with Gasteiger partial charge in [-0.15, -0.1) is 0 Å². The summed E-state index contributed by atoms with van der Waals surface area (Å²) in [5.74, 6) is 0.434. The maximum absolute atomic E-state index is 14.2. The van der Waals surface area contributed by atoms with Crippen molar-refractivity contribution in [2.75, 3.05) is 14.2 Å². The predicted octanol–water partition coefficient (Wildman–Crippen LogP) is 4.08. The summed E-state index contributed by atoms with van der Waals surface area (Å²) in [6, 6.07) is 8.03. The largest absolute Gasteiger partial charge is 0.493 e. The fourth-order valence-electron chi connectivity index (χ4n) is 1.94. The van der Waals surface area contributed by atoms with E-state index in [2.05, 4.69) is 15.9 Å². The normalized spacial score (nSPS) is 10.2. The molecule has 0 fully saturated rings. The van der Waals surface area contributed by atoms with Gasteiger partial charge in [0.15, 0.2) is 17.8 Å². The lowest BCUT2D eigenvalue weighted by atomic mass is 9.99. The second-order valence-corrected chi connectivity index (χ2v) is 4.87. The number of ether oxygens (including phenoxy) is 2. The number of hydrogen-bond donors (Lipinski definition) is 0. The van der Waals surface area contributed by atoms with Crippen molar-refractivity contribution in [3.63, 3.8) is 0 Å². The van der Waals surface area contributed by atoms with Gasteiger partial charge < -0.3 is 9.47 Å². The van der Waals surface area contributed by atoms with E-state index < -0.39 is 5.82 Å². The van der Waals surface area contributed by atoms with Gasteiger partial charge in [0.1, 0.15) is 5.82 Å². The van der Waals surface area contributed by atoms with E-state index >= 15 is 0 Å². The summed E-state index contributed by atoms with van der Waals surface area (Å²) in [5, 5.41) is 0. The van der Waals surface area contributed by atoms with Gasteiger partial charge in [0.05, 0.1) is 18.7 Å². The van der Waals surface area contributed by atoms with Gasteiger partial charge in [0.25, 0.3) is 0 Å². The van der Waals surface area contributed by atoms with E-state index in [4.69, 9.17) is 9.47 Å². The molecule has 2 aromatic rings. The van der Waals surface area contributed by atoms with Gasteiger partial charge >= 0.3 is 0 Å². The molecule has 0 aromatic heterocycles. The molecule has 0 amide bonds. The second-order valence-electron chi connectivity index (χ2n) is 4.01. The average Bonchev–Trinajstić information content (AvgIpc) is 2.48. The number of aldehydes is 1. The topological polar surface area (TPSA) is 35.5 Å². The molecular formula is C15H12BrFO3. The first-order valence-electron chi connectivity index (χ1n) is 5.78. The summed E-state index contributed by atoms with van der Waals surface area (Å²) in [7, 11) is 2.96. The minimum Gasteiger partial charge on any atom is -0.493 e. The maximum atomic E-state index is 14.2. The third kappa shape index (κ3) is 2.54. The van der Waals surface area contributed by atoms with E-state index in [1.807, 2.05) is 0 Å². The molecule has 5 heteroatoms. The van der Waals surface area contributed by atoms with Crippen LogP contribution in [0.15, 0.2) is 34.8 Å². The summed E-state index contributed by atoms with van der Waals surface area (Å²) in [6.45, 7) is 0. The molecule has 2 rings (SSSR count). The van der Waals surface area contributed by atoms with E-state index in [1.165, 1.54) is 20.3 Å². The van der Waals surface area contributed by atoms with Crippen LogP contribution in [0.25, 0.3) is 11.1 Å². The lowest BCUT2D eigenvalue weighted by Gasteiger charge is -2.13. The molecule has 0 saturated heterocycles. The zero-order valence-electron chi connectivity index (χ0n) is 10.9. The van der Waals surface area contributed by atoms with Crippen LogP contribution in [0, 0.1) is 5.82 Å². The fraction of sp³-hybridized carbons (Fsp3) is 0.133. The van der Waals surface area contributed by atoms with Gasteiger partial charge in [-0.3, -0.25) is 4.79 Å². The Morgan fingerprint density at radius 1 is 1.10 bits per heavy atom. The highest BCUT2D eigenvalue weighted by Gasteiger charge is 2.16. The number of benzene rings is 2. The quantitative estimate of drug-likeness (QED) is 0.788. The first-order chi connectivity index (χ1) is 9.62. The Morgan fingerprint density at radius 3 is 2.35 bits per heavy atom. The van der Waals surface area contributed by atoms with Gasteiger partial charge in [0, 0.05) is 11.1 Å². The standard InChI is InChI=1S/C15H12BrFO3/c1-19-13-6-9(8-18)11(7-14(13)20-2)10-4-3-5-12(16)15(10)17/h3-8H,1-2H3. The lowest BCUT2D eigenvalue weighted by molar-refractivity contribution is 0.112. The number of carbonyl (C=O) groups is 1. The molecule has 0 saturated carbocycles. The van der Waals surface area contributed by atoms with Gasteiger partial charge in [-0.2, -0.15) is 0 Å². The zero-order valence-corrected chi connectivity index (χ0v) is 12.5. The van der Waals surface area contributed by atoms with E-state index in [0.29, 0.717) is 38.9 Å². The van der Waals surface area contributed by atoms with Crippen LogP contribution >= 0.6 is 15.9 Å². The molecule has 0 atom stereocenters. The Bertz CT molecular complexity index is 656. The van der Waals surface area contributed by atoms with Crippen molar-refractivity contribution in [2.24, 2.45) is 0 Å². The molecule has 0 aliphatic heterocycles. The molecule has 0 bridgehead atoms. The van der Waals surface area contributed by atoms with Crippen molar-refractivity contribution in [3.05, 3.63) is 46.2 Å². The molecule has 104 valence electrons. The van der Waals surface area contributed by atoms with E-state index in [0.717, 1.165) is 0 Å². The van der Waals surface area contributed by atoms with Gasteiger partial charge in [-0.05, 0) is 39.7 Å². The van der Waals surface area contributed by atoms with Gasteiger partial charge in [-0.25, -0.2) is 4.39 Å². The average molecular weight is 339 g/mol. The van der Waals surface area contributed by atoms with Crippen LogP contribution in [0.2, 0.25) is 0 Å². The SMILES string of the molecule is COc1cc(C=O)c(-c2cccc(Br)c2F)cc1OC. The summed E-state index contributed by atoms with van der Waals surface area (Å²) >= 11 is 3.13. The van der Waals surface area contributed by atoms with Crippen LogP contribution in [0.5, 0.6) is 11.5 Å². The first-order valence-corrected chi connectivity index (χ1v) is 6.57. The van der Waals surface area contributed by atoms with Crippen molar-refractivity contribution < 1.29 is 18.7 Å². The first kappa shape index (κ1) is 14.5. The van der Waals surface area contributed by atoms with E-state index in [-0.39, 0.29) is 0 Å². The molecule has 0 heterocycles. The number of rotatable bonds is 4. The van der Waals surface area contributed by atoms with Crippen LogP contribution in [-0.2, 0) is 0 Å². The molecular weight excluding hydrogens is 327 g/mol. The second kappa shape index (κ2) is 6.05. The molecule has 3 nitrogen and oxygen atoms in total. The van der Waals surface area contributed by atoms with Crippen molar-refractivity contribution in [1.82, 2.24) is 0 Å². The molecule has 0 unspecified atom stereocenters. The Hall–Kier alpha value is -1.88. The van der Waals surface area contributed by atoms with Crippen LogP contribution in [0.4, 0.5) is 4.39 Å². The van der Waals surface area contributed by atoms with Crippen molar-refractivity contribution in [2.45, 2.75) is 0 Å². The third-order valence-corrected chi connectivity index (χ3v) is 3.54. The molecule has 0 spiro atoms. The molecule has 0 aliphatic carbocycles. The zero-order chi connectivity index (χ0) is 14.7. The minimum atomic E-state index is -0.428. The maximum Gasteiger partial charge on any atom is 0.161 e. The number of methoxy groups -OCH3 is 2. The monoisotopic (exact) mass is 338 g/mol. The van der Waals surface area contributed by atoms with Crippen molar-refractivity contribution >= 4 is 22.2 Å². The predicted molar refractivity (Wildman–Crippen MR) is 78.0 cm³/mol. The molecule has 20 heavy (non-hydrogen) atoms. The Balaban J connectivity index is 2.72. The van der Waals surface area contributed by atoms with Crippen molar-refractivity contribution in [1.29, 1.82) is 0 Å². The van der Waals surface area contributed by atoms with Gasteiger partial charge in [0.2, 0.25) is 0 Å². The van der Waals surface area contributed by atoms with E-state index in [9.17, 15) is 9.18 Å². The van der Waals surface area contributed by atoms with Crippen molar-refractivity contribution in [3.8, 4) is 22.6 Å². The summed E-state index contributed by atoms with van der Waals surface area (Å²) < 4.78 is 24.9. The van der Waals surface area contributed by atoms with E-state index in [1.54, 1.807) is 24.3 Å². The highest BCUT2D eigenvalue weighted by atomic mass is 79.9. The lowest BCUT2D eigenvalue weighted by Crippen LogP contribution is -1.97. The smallest absolute Gasteiger partial charge is 0.161 e. The van der Waals surface area contributed by atoms with Gasteiger partial charge in [-0.1, -0.05) is 12.1 Å². The number of carbonyl (C=O) groups excluding carboxylic acids is 1. The molecule has 2 aromatic carbocycles. The van der Waals surface area contributed by atoms with Crippen LogP contribution in [-0.4, -0.2) is 20.5 Å². The van der Waals surface area contributed by atoms with Crippen LogP contribution in [0.1, 0.15) is 10.4 Å². The Morgan fingerprint density at radius 2 is 1.75 bits per heavy atom. The highest BCUT2D eigenvalue weighted by molar-refractivity contribution is 9.10. The summed E-state index contributed by atoms with van der Waals surface area (Å²) in [5.41, 5.74) is 1.11. The third-order valence-electron chi connectivity index (χ3n) is 2.92. The fourth-order valence-corrected chi connectivity index (χ4v) is 2.30. The molecule has 0 radical (unpaired) electrons. The summed E-state index contributed by atoms with van der Waals surface area (Å²) in [6.07, 6.45) is 0.664.